The van der Waals surface area contributed by atoms with Crippen molar-refractivity contribution in [2.24, 2.45) is 5.92 Å². The van der Waals surface area contributed by atoms with Crippen molar-refractivity contribution in [3.63, 3.8) is 0 Å². The summed E-state index contributed by atoms with van der Waals surface area (Å²) in [5, 5.41) is 16.5. The van der Waals surface area contributed by atoms with Crippen LogP contribution in [0.4, 0.5) is 4.79 Å². The van der Waals surface area contributed by atoms with E-state index in [9.17, 15) is 14.4 Å². The molecular formula is C13H25N3O4S. The highest BCUT2D eigenvalue weighted by Gasteiger charge is 2.21. The molecule has 0 spiro atoms. The second-order valence-electron chi connectivity index (χ2n) is 5.15. The molecule has 0 radical (unpaired) electrons. The molecule has 3 amide bonds. The van der Waals surface area contributed by atoms with Crippen LogP contribution in [0.1, 0.15) is 27.2 Å². The van der Waals surface area contributed by atoms with Crippen LogP contribution in [0.2, 0.25) is 0 Å². The van der Waals surface area contributed by atoms with Gasteiger partial charge in [0.1, 0.15) is 12.1 Å². The molecule has 0 bridgehead atoms. The molecule has 2 unspecified atom stereocenters. The number of hydrogen-bond acceptors (Lipinski definition) is 4. The van der Waals surface area contributed by atoms with Gasteiger partial charge in [-0.05, 0) is 31.3 Å². The molecule has 0 saturated heterocycles. The molecule has 122 valence electrons. The Morgan fingerprint density at radius 3 is 2.24 bits per heavy atom. The summed E-state index contributed by atoms with van der Waals surface area (Å²) in [6, 6.07) is -2.34. The summed E-state index contributed by atoms with van der Waals surface area (Å²) in [5.41, 5.74) is 0. The molecule has 0 aliphatic rings. The summed E-state index contributed by atoms with van der Waals surface area (Å²) < 4.78 is 0. The van der Waals surface area contributed by atoms with Gasteiger partial charge in [0.25, 0.3) is 0 Å². The van der Waals surface area contributed by atoms with E-state index < -0.39 is 24.1 Å². The summed E-state index contributed by atoms with van der Waals surface area (Å²) in [7, 11) is 0. The Morgan fingerprint density at radius 1 is 1.14 bits per heavy atom. The van der Waals surface area contributed by atoms with Crippen LogP contribution in [0.5, 0.6) is 0 Å². The van der Waals surface area contributed by atoms with Crippen molar-refractivity contribution in [1.82, 2.24) is 16.0 Å². The molecule has 0 aliphatic carbocycles. The number of carboxylic acid groups (broad SMARTS) is 1. The number of nitrogens with one attached hydrogen (secondary N) is 3. The first kappa shape index (κ1) is 19.6. The Kier molecular flexibility index (Phi) is 9.60. The van der Waals surface area contributed by atoms with Crippen LogP contribution in [-0.4, -0.2) is 53.7 Å². The number of carbonyl (C=O) groups excluding carboxylic acids is 2. The van der Waals surface area contributed by atoms with Crippen molar-refractivity contribution < 1.29 is 19.5 Å². The van der Waals surface area contributed by atoms with Crippen LogP contribution in [0.15, 0.2) is 0 Å². The average molecular weight is 319 g/mol. The molecule has 0 aromatic heterocycles. The number of rotatable bonds is 9. The van der Waals surface area contributed by atoms with E-state index in [1.54, 1.807) is 6.92 Å². The lowest BCUT2D eigenvalue weighted by molar-refractivity contribution is -0.139. The molecule has 0 fully saturated rings. The lowest BCUT2D eigenvalue weighted by atomic mass is 10.2. The molecule has 21 heavy (non-hydrogen) atoms. The Labute approximate surface area is 129 Å². The van der Waals surface area contributed by atoms with Crippen LogP contribution in [0.3, 0.4) is 0 Å². The van der Waals surface area contributed by atoms with E-state index in [2.05, 4.69) is 16.0 Å². The maximum atomic E-state index is 11.7. The number of aliphatic carboxylic acids is 1. The summed E-state index contributed by atoms with van der Waals surface area (Å²) >= 11 is 1.50. The third-order valence-electron chi connectivity index (χ3n) is 2.64. The number of carbonyl (C=O) groups is 3. The molecular weight excluding hydrogens is 294 g/mol. The van der Waals surface area contributed by atoms with Crippen LogP contribution in [0.25, 0.3) is 0 Å². The minimum Gasteiger partial charge on any atom is -0.480 e. The van der Waals surface area contributed by atoms with Gasteiger partial charge < -0.3 is 21.1 Å². The largest absolute Gasteiger partial charge is 0.480 e. The van der Waals surface area contributed by atoms with Crippen LogP contribution in [0, 0.1) is 5.92 Å². The third-order valence-corrected chi connectivity index (χ3v) is 3.28. The van der Waals surface area contributed by atoms with Crippen molar-refractivity contribution >= 4 is 29.7 Å². The molecule has 4 N–H and O–H groups in total. The second kappa shape index (κ2) is 10.3. The van der Waals surface area contributed by atoms with E-state index in [1.807, 2.05) is 20.1 Å². The van der Waals surface area contributed by atoms with E-state index in [0.717, 1.165) is 0 Å². The van der Waals surface area contributed by atoms with Gasteiger partial charge in [-0.25, -0.2) is 9.59 Å². The maximum Gasteiger partial charge on any atom is 0.326 e. The highest BCUT2D eigenvalue weighted by Crippen LogP contribution is 2.01. The van der Waals surface area contributed by atoms with Crippen molar-refractivity contribution in [3.05, 3.63) is 0 Å². The Bertz CT molecular complexity index is 363. The summed E-state index contributed by atoms with van der Waals surface area (Å²) in [6.07, 6.45) is 2.19. The molecule has 0 saturated carbocycles. The van der Waals surface area contributed by atoms with Gasteiger partial charge in [0.15, 0.2) is 0 Å². The van der Waals surface area contributed by atoms with Gasteiger partial charge in [-0.15, -0.1) is 0 Å². The summed E-state index contributed by atoms with van der Waals surface area (Å²) in [5.74, 6) is -0.439. The lowest BCUT2D eigenvalue weighted by Crippen LogP contribution is -2.52. The fourth-order valence-corrected chi connectivity index (χ4v) is 1.88. The zero-order chi connectivity index (χ0) is 16.4. The first-order valence-corrected chi connectivity index (χ1v) is 8.23. The molecule has 2 atom stereocenters. The Hall–Kier alpha value is -1.44. The monoisotopic (exact) mass is 319 g/mol. The highest BCUT2D eigenvalue weighted by atomic mass is 32.2. The number of carboxylic acids is 1. The van der Waals surface area contributed by atoms with E-state index in [4.69, 9.17) is 5.11 Å². The maximum absolute atomic E-state index is 11.7. The third kappa shape index (κ3) is 9.17. The smallest absolute Gasteiger partial charge is 0.326 e. The lowest BCUT2D eigenvalue weighted by Gasteiger charge is -2.18. The Morgan fingerprint density at radius 2 is 1.76 bits per heavy atom. The molecule has 8 heteroatoms. The number of thioether (sulfide) groups is 1. The zero-order valence-corrected chi connectivity index (χ0v) is 13.8. The average Bonchev–Trinajstić information content (AvgIpc) is 2.40. The van der Waals surface area contributed by atoms with Gasteiger partial charge in [0.2, 0.25) is 5.91 Å². The van der Waals surface area contributed by atoms with Crippen molar-refractivity contribution in [1.29, 1.82) is 0 Å². The molecule has 0 aliphatic heterocycles. The predicted molar refractivity (Wildman–Crippen MR) is 83.4 cm³/mol. The number of urea groups is 1. The molecule has 0 aromatic rings. The quantitative estimate of drug-likeness (QED) is 0.499. The molecule has 7 nitrogen and oxygen atoms in total. The van der Waals surface area contributed by atoms with Crippen LogP contribution >= 0.6 is 11.8 Å². The van der Waals surface area contributed by atoms with Gasteiger partial charge in [-0.2, -0.15) is 11.8 Å². The fraction of sp³-hybridized carbons (Fsp3) is 0.769. The van der Waals surface area contributed by atoms with Gasteiger partial charge >= 0.3 is 12.0 Å². The minimum absolute atomic E-state index is 0.296. The van der Waals surface area contributed by atoms with E-state index >= 15 is 0 Å². The van der Waals surface area contributed by atoms with E-state index in [-0.39, 0.29) is 5.91 Å². The zero-order valence-electron chi connectivity index (χ0n) is 12.9. The van der Waals surface area contributed by atoms with Crippen molar-refractivity contribution in [2.45, 2.75) is 39.3 Å². The van der Waals surface area contributed by atoms with Crippen LogP contribution in [-0.2, 0) is 9.59 Å². The van der Waals surface area contributed by atoms with E-state index in [1.165, 1.54) is 11.8 Å². The van der Waals surface area contributed by atoms with Crippen molar-refractivity contribution in [2.75, 3.05) is 18.6 Å². The summed E-state index contributed by atoms with van der Waals surface area (Å²) in [6.45, 7) is 6.01. The SMILES string of the molecule is CSCCC(NC(=O)NC(C)C(=O)NCC(C)C)C(=O)O. The minimum atomic E-state index is -1.09. The van der Waals surface area contributed by atoms with Gasteiger partial charge in [-0.3, -0.25) is 4.79 Å². The fourth-order valence-electron chi connectivity index (χ4n) is 1.41. The van der Waals surface area contributed by atoms with Gasteiger partial charge in [0.05, 0.1) is 0 Å². The molecule has 0 rings (SSSR count). The normalized spacial score (nSPS) is 13.4. The molecule has 0 heterocycles. The predicted octanol–water partition coefficient (Wildman–Crippen LogP) is 0.653. The number of amides is 3. The topological polar surface area (TPSA) is 108 Å². The number of hydrogen-bond donors (Lipinski definition) is 4. The summed E-state index contributed by atoms with van der Waals surface area (Å²) in [4.78, 5) is 34.4. The van der Waals surface area contributed by atoms with Crippen LogP contribution < -0.4 is 16.0 Å². The molecule has 0 aromatic carbocycles. The van der Waals surface area contributed by atoms with E-state index in [0.29, 0.717) is 24.6 Å². The first-order valence-electron chi connectivity index (χ1n) is 6.84. The van der Waals surface area contributed by atoms with Gasteiger partial charge in [0, 0.05) is 6.54 Å². The second-order valence-corrected chi connectivity index (χ2v) is 6.14. The Balaban J connectivity index is 4.26. The first-order chi connectivity index (χ1) is 9.77. The van der Waals surface area contributed by atoms with Gasteiger partial charge in [-0.1, -0.05) is 13.8 Å². The van der Waals surface area contributed by atoms with Crippen molar-refractivity contribution in [3.8, 4) is 0 Å². The highest BCUT2D eigenvalue weighted by molar-refractivity contribution is 7.98. The standard InChI is InChI=1S/C13H25N3O4S/c1-8(2)7-14-11(17)9(3)15-13(20)16-10(12(18)19)5-6-21-4/h8-10H,5-7H2,1-4H3,(H,14,17)(H,18,19)(H2,15,16,20).